The fraction of sp³-hybridized carbons (Fsp3) is 0. The van der Waals surface area contributed by atoms with Gasteiger partial charge in [0.2, 0.25) is 0 Å². The third-order valence-corrected chi connectivity index (χ3v) is 12.0. The van der Waals surface area contributed by atoms with Crippen molar-refractivity contribution in [1.29, 1.82) is 0 Å². The molecule has 0 radical (unpaired) electrons. The molecule has 0 saturated heterocycles. The monoisotopic (exact) mass is 692 g/mol. The zero-order chi connectivity index (χ0) is 36.0. The van der Waals surface area contributed by atoms with Crippen LogP contribution in [0.25, 0.3) is 97.3 Å². The molecule has 0 aromatic heterocycles. The Hall–Kier alpha value is -7.24. The van der Waals surface area contributed by atoms with Crippen LogP contribution in [0, 0.1) is 0 Å². The van der Waals surface area contributed by atoms with Crippen molar-refractivity contribution in [3.63, 3.8) is 0 Å². The Kier molecular flexibility index (Phi) is 6.39. The quantitative estimate of drug-likeness (QED) is 0.0978. The van der Waals surface area contributed by atoms with Gasteiger partial charge in [-0.2, -0.15) is 0 Å². The number of benzene rings is 12. The van der Waals surface area contributed by atoms with Gasteiger partial charge in [0.15, 0.2) is 0 Å². The van der Waals surface area contributed by atoms with Gasteiger partial charge in [-0.05, 0) is 108 Å². The van der Waals surface area contributed by atoms with E-state index in [0.29, 0.717) is 0 Å². The lowest BCUT2D eigenvalue weighted by molar-refractivity contribution is 1.57. The largest absolute Gasteiger partial charge is 0.102 e. The lowest BCUT2D eigenvalue weighted by Gasteiger charge is -2.18. The van der Waals surface area contributed by atoms with Crippen LogP contribution in [0.4, 0.5) is 0 Å². The molecule has 0 atom stereocenters. The van der Waals surface area contributed by atoms with Crippen molar-refractivity contribution < 1.29 is 0 Å². The second-order valence-corrected chi connectivity index (χ2v) is 14.8. The summed E-state index contributed by atoms with van der Waals surface area (Å²) < 4.78 is 0. The van der Waals surface area contributed by atoms with Crippen LogP contribution in [-0.2, 0) is 0 Å². The maximum absolute atomic E-state index is 4.16. The molecule has 0 aliphatic rings. The molecule has 55 heavy (non-hydrogen) atoms. The van der Waals surface area contributed by atoms with Crippen molar-refractivity contribution in [2.24, 2.45) is 0 Å². The topological polar surface area (TPSA) is 0 Å². The van der Waals surface area contributed by atoms with E-state index in [1.54, 1.807) is 0 Å². The molecule has 0 nitrogen and oxygen atoms in total. The van der Waals surface area contributed by atoms with Crippen molar-refractivity contribution in [1.82, 2.24) is 0 Å². The molecule has 0 fully saturated rings. The Morgan fingerprint density at radius 1 is 0.236 bits per heavy atom. The molecule has 12 aromatic carbocycles. The van der Waals surface area contributed by atoms with Crippen LogP contribution in [0.3, 0.4) is 0 Å². The van der Waals surface area contributed by atoms with E-state index in [2.05, 4.69) is 200 Å². The standard InChI is InChI=1S/C55H32/c1-3-13-34(14-4-1)50(38-29-31-48-44-23-9-19-36-17-7-21-42(52(36)44)46-27-11-25-40(38)54(46)48)33-51(35-15-5-2-6-16-35)39-30-32-49-45-24-10-20-37-18-8-22-43(53(37)45)47-28-12-26-41(39)55(47)49/h1-32H. The van der Waals surface area contributed by atoms with Gasteiger partial charge in [-0.25, -0.2) is 0 Å². The summed E-state index contributed by atoms with van der Waals surface area (Å²) in [4.78, 5) is 0. The van der Waals surface area contributed by atoms with Gasteiger partial charge in [0.1, 0.15) is 0 Å². The van der Waals surface area contributed by atoms with E-state index in [4.69, 9.17) is 0 Å². The first-order valence-corrected chi connectivity index (χ1v) is 19.1. The third kappa shape index (κ3) is 4.35. The molecule has 0 heterocycles. The van der Waals surface area contributed by atoms with Crippen molar-refractivity contribution in [3.8, 4) is 0 Å². The lowest BCUT2D eigenvalue weighted by Crippen LogP contribution is -1.95. The molecule has 0 unspecified atom stereocenters. The maximum atomic E-state index is 4.16. The third-order valence-electron chi connectivity index (χ3n) is 12.0. The molecule has 0 amide bonds. The van der Waals surface area contributed by atoms with E-state index in [0.717, 1.165) is 22.3 Å². The molecule has 12 aromatic rings. The molecule has 0 spiro atoms. The first-order chi connectivity index (χ1) is 27.3. The summed E-state index contributed by atoms with van der Waals surface area (Å²) >= 11 is 0. The summed E-state index contributed by atoms with van der Waals surface area (Å²) in [5, 5.41) is 20.7. The fourth-order valence-electron chi connectivity index (χ4n) is 9.65. The summed E-state index contributed by atoms with van der Waals surface area (Å²) in [7, 11) is 0. The summed E-state index contributed by atoms with van der Waals surface area (Å²) in [6.07, 6.45) is 0. The van der Waals surface area contributed by atoms with Gasteiger partial charge in [-0.15, -0.1) is 5.73 Å². The average Bonchev–Trinajstić information content (AvgIpc) is 3.25. The Labute approximate surface area is 318 Å². The van der Waals surface area contributed by atoms with Gasteiger partial charge in [0, 0.05) is 11.1 Å². The van der Waals surface area contributed by atoms with Crippen molar-refractivity contribution in [3.05, 3.63) is 222 Å². The summed E-state index contributed by atoms with van der Waals surface area (Å²) in [6.45, 7) is 0. The Balaban J connectivity index is 1.24. The zero-order valence-corrected chi connectivity index (χ0v) is 30.0. The summed E-state index contributed by atoms with van der Waals surface area (Å²) in [6, 6.07) is 71.5. The van der Waals surface area contributed by atoms with E-state index in [-0.39, 0.29) is 0 Å². The van der Waals surface area contributed by atoms with Gasteiger partial charge in [0.25, 0.3) is 0 Å². The minimum Gasteiger partial charge on any atom is -0.102 e. The molecular weight excluding hydrogens is 661 g/mol. The van der Waals surface area contributed by atoms with Gasteiger partial charge >= 0.3 is 0 Å². The van der Waals surface area contributed by atoms with Crippen LogP contribution in [0.15, 0.2) is 200 Å². The first kappa shape index (κ1) is 30.2. The smallest absolute Gasteiger partial charge is 0.0322 e. The zero-order valence-electron chi connectivity index (χ0n) is 30.0. The van der Waals surface area contributed by atoms with Gasteiger partial charge in [0.05, 0.1) is 0 Å². The molecule has 0 heteroatoms. The number of hydrogen-bond donors (Lipinski definition) is 0. The molecule has 0 saturated carbocycles. The highest BCUT2D eigenvalue weighted by Crippen LogP contribution is 2.45. The van der Waals surface area contributed by atoms with Crippen LogP contribution in [-0.4, -0.2) is 0 Å². The van der Waals surface area contributed by atoms with Gasteiger partial charge < -0.3 is 0 Å². The highest BCUT2D eigenvalue weighted by molar-refractivity contribution is 6.35. The van der Waals surface area contributed by atoms with Gasteiger partial charge in [-0.3, -0.25) is 0 Å². The highest BCUT2D eigenvalue weighted by Gasteiger charge is 2.20. The van der Waals surface area contributed by atoms with Crippen LogP contribution in [0.2, 0.25) is 0 Å². The minimum absolute atomic E-state index is 1.08. The first-order valence-electron chi connectivity index (χ1n) is 19.1. The SMILES string of the molecule is C(=C(c1ccccc1)c1ccc2c3cccc4cccc(c5cccc1c52)c43)=C(c1ccccc1)c1ccc2c3cccc4cccc(c5cccc1c52)c43. The van der Waals surface area contributed by atoms with Crippen LogP contribution in [0.1, 0.15) is 22.3 Å². The molecule has 0 N–H and O–H groups in total. The van der Waals surface area contributed by atoms with Crippen molar-refractivity contribution in [2.75, 3.05) is 0 Å². The molecule has 252 valence electrons. The van der Waals surface area contributed by atoms with E-state index in [1.807, 2.05) is 0 Å². The number of rotatable bonds is 4. The molecule has 0 aliphatic carbocycles. The van der Waals surface area contributed by atoms with E-state index < -0.39 is 0 Å². The Bertz CT molecular complexity index is 3210. The molecular formula is C55H32. The number of fused-ring (bicyclic) bond motifs is 4. The fourth-order valence-corrected chi connectivity index (χ4v) is 9.65. The predicted molar refractivity (Wildman–Crippen MR) is 237 cm³/mol. The van der Waals surface area contributed by atoms with Crippen molar-refractivity contribution >= 4 is 97.3 Å². The highest BCUT2D eigenvalue weighted by atomic mass is 14.2. The van der Waals surface area contributed by atoms with Crippen LogP contribution in [0.5, 0.6) is 0 Å². The van der Waals surface area contributed by atoms with Crippen molar-refractivity contribution in [2.45, 2.75) is 0 Å². The minimum atomic E-state index is 1.08. The molecule has 12 rings (SSSR count). The maximum Gasteiger partial charge on any atom is 0.0322 e. The molecule has 0 bridgehead atoms. The normalized spacial score (nSPS) is 11.9. The van der Waals surface area contributed by atoms with Gasteiger partial charge in [-0.1, -0.05) is 194 Å². The second-order valence-electron chi connectivity index (χ2n) is 14.8. The van der Waals surface area contributed by atoms with E-state index in [1.165, 1.54) is 97.3 Å². The van der Waals surface area contributed by atoms with Crippen LogP contribution >= 0.6 is 0 Å². The average molecular weight is 693 g/mol. The molecule has 0 aliphatic heterocycles. The Morgan fingerprint density at radius 3 is 0.927 bits per heavy atom. The second kappa shape index (κ2) is 11.6. The van der Waals surface area contributed by atoms with Crippen LogP contribution < -0.4 is 0 Å². The number of hydrogen-bond acceptors (Lipinski definition) is 0. The Morgan fingerprint density at radius 2 is 0.545 bits per heavy atom. The van der Waals surface area contributed by atoms with E-state index in [9.17, 15) is 0 Å². The summed E-state index contributed by atoms with van der Waals surface area (Å²) in [5.41, 5.74) is 11.0. The predicted octanol–water partition coefficient (Wildman–Crippen LogP) is 15.0. The lowest BCUT2D eigenvalue weighted by atomic mass is 9.84. The summed E-state index contributed by atoms with van der Waals surface area (Å²) in [5.74, 6) is 0. The van der Waals surface area contributed by atoms with E-state index >= 15 is 0 Å².